The van der Waals surface area contributed by atoms with Crippen molar-refractivity contribution in [3.05, 3.63) is 69.7 Å². The average molecular weight is 415 g/mol. The lowest BCUT2D eigenvalue weighted by Crippen LogP contribution is -2.25. The standard InChI is InChI=1S/C22H23ClN2O2S/c1-15-20(28-22(25-15)17-6-8-18(23)9-7-17)13-14-24-21(26)12-5-16-3-10-19(27-2)11-4-16/h3-4,6-11H,5,12-14H2,1-2H3,(H,24,26). The fourth-order valence-electron chi connectivity index (χ4n) is 2.83. The van der Waals surface area contributed by atoms with Crippen molar-refractivity contribution in [3.63, 3.8) is 0 Å². The Morgan fingerprint density at radius 2 is 1.82 bits per heavy atom. The Morgan fingerprint density at radius 3 is 2.50 bits per heavy atom. The smallest absolute Gasteiger partial charge is 0.220 e. The van der Waals surface area contributed by atoms with E-state index in [0.29, 0.717) is 13.0 Å². The van der Waals surface area contributed by atoms with Gasteiger partial charge in [-0.25, -0.2) is 4.98 Å². The number of hydrogen-bond donors (Lipinski definition) is 1. The van der Waals surface area contributed by atoms with E-state index in [1.165, 1.54) is 4.88 Å². The van der Waals surface area contributed by atoms with Gasteiger partial charge in [0.05, 0.1) is 12.8 Å². The molecule has 3 rings (SSSR count). The van der Waals surface area contributed by atoms with Gasteiger partial charge in [0, 0.05) is 34.8 Å². The lowest BCUT2D eigenvalue weighted by molar-refractivity contribution is -0.121. The summed E-state index contributed by atoms with van der Waals surface area (Å²) in [5.41, 5.74) is 3.21. The van der Waals surface area contributed by atoms with Crippen molar-refractivity contribution in [2.24, 2.45) is 0 Å². The molecule has 6 heteroatoms. The van der Waals surface area contributed by atoms with Gasteiger partial charge in [-0.2, -0.15) is 0 Å². The molecule has 0 aliphatic heterocycles. The molecule has 0 radical (unpaired) electrons. The number of hydrogen-bond acceptors (Lipinski definition) is 4. The van der Waals surface area contributed by atoms with E-state index in [-0.39, 0.29) is 5.91 Å². The summed E-state index contributed by atoms with van der Waals surface area (Å²) >= 11 is 7.62. The summed E-state index contributed by atoms with van der Waals surface area (Å²) in [6.07, 6.45) is 1.98. The fourth-order valence-corrected chi connectivity index (χ4v) is 4.02. The molecule has 1 heterocycles. The van der Waals surface area contributed by atoms with Crippen LogP contribution in [-0.4, -0.2) is 24.5 Å². The number of rotatable bonds is 8. The SMILES string of the molecule is COc1ccc(CCC(=O)NCCc2sc(-c3ccc(Cl)cc3)nc2C)cc1. The van der Waals surface area contributed by atoms with E-state index in [1.807, 2.05) is 55.5 Å². The second-order valence-electron chi connectivity index (χ2n) is 6.48. The number of nitrogens with zero attached hydrogens (tertiary/aromatic N) is 1. The van der Waals surface area contributed by atoms with Crippen molar-refractivity contribution in [1.82, 2.24) is 10.3 Å². The van der Waals surface area contributed by atoms with Crippen LogP contribution >= 0.6 is 22.9 Å². The zero-order chi connectivity index (χ0) is 19.9. The van der Waals surface area contributed by atoms with Crippen molar-refractivity contribution in [2.45, 2.75) is 26.2 Å². The molecule has 0 spiro atoms. The highest BCUT2D eigenvalue weighted by Gasteiger charge is 2.10. The third-order valence-electron chi connectivity index (χ3n) is 4.46. The predicted octanol–water partition coefficient (Wildman–Crippen LogP) is 5.07. The Bertz CT molecular complexity index is 921. The van der Waals surface area contributed by atoms with Gasteiger partial charge in [-0.3, -0.25) is 4.79 Å². The van der Waals surface area contributed by atoms with Crippen LogP contribution in [0.1, 0.15) is 22.6 Å². The quantitative estimate of drug-likeness (QED) is 0.559. The van der Waals surface area contributed by atoms with Crippen LogP contribution in [0.15, 0.2) is 48.5 Å². The minimum Gasteiger partial charge on any atom is -0.497 e. The van der Waals surface area contributed by atoms with E-state index in [9.17, 15) is 4.79 Å². The van der Waals surface area contributed by atoms with Gasteiger partial charge in [-0.05, 0) is 43.2 Å². The molecular weight excluding hydrogens is 392 g/mol. The molecule has 0 saturated carbocycles. The average Bonchev–Trinajstić information content (AvgIpc) is 3.08. The number of aromatic nitrogens is 1. The van der Waals surface area contributed by atoms with Crippen LogP contribution in [-0.2, 0) is 17.6 Å². The van der Waals surface area contributed by atoms with Gasteiger partial charge in [0.2, 0.25) is 5.91 Å². The van der Waals surface area contributed by atoms with Crippen LogP contribution in [0.4, 0.5) is 0 Å². The summed E-state index contributed by atoms with van der Waals surface area (Å²) in [6, 6.07) is 15.5. The molecule has 28 heavy (non-hydrogen) atoms. The Labute approximate surface area is 174 Å². The first-order valence-electron chi connectivity index (χ1n) is 9.17. The Hall–Kier alpha value is -2.37. The van der Waals surface area contributed by atoms with Crippen molar-refractivity contribution in [2.75, 3.05) is 13.7 Å². The number of thiazole rings is 1. The van der Waals surface area contributed by atoms with Crippen LogP contribution in [0.2, 0.25) is 5.02 Å². The highest BCUT2D eigenvalue weighted by atomic mass is 35.5. The monoisotopic (exact) mass is 414 g/mol. The first-order valence-corrected chi connectivity index (χ1v) is 10.4. The van der Waals surface area contributed by atoms with Gasteiger partial charge in [-0.1, -0.05) is 35.9 Å². The molecule has 2 aromatic carbocycles. The first-order chi connectivity index (χ1) is 13.5. The number of benzene rings is 2. The van der Waals surface area contributed by atoms with Gasteiger partial charge >= 0.3 is 0 Å². The van der Waals surface area contributed by atoms with E-state index >= 15 is 0 Å². The van der Waals surface area contributed by atoms with Gasteiger partial charge in [0.15, 0.2) is 0 Å². The normalized spacial score (nSPS) is 10.7. The predicted molar refractivity (Wildman–Crippen MR) is 115 cm³/mol. The number of amides is 1. The molecule has 0 saturated heterocycles. The van der Waals surface area contributed by atoms with E-state index in [1.54, 1.807) is 18.4 Å². The van der Waals surface area contributed by atoms with E-state index in [0.717, 1.165) is 45.4 Å². The number of aryl methyl sites for hydroxylation is 2. The molecule has 146 valence electrons. The number of carbonyl (C=O) groups excluding carboxylic acids is 1. The number of methoxy groups -OCH3 is 1. The Balaban J connectivity index is 1.46. The highest BCUT2D eigenvalue weighted by Crippen LogP contribution is 2.29. The molecule has 4 nitrogen and oxygen atoms in total. The molecule has 0 bridgehead atoms. The number of carbonyl (C=O) groups is 1. The van der Waals surface area contributed by atoms with Crippen molar-refractivity contribution in [1.29, 1.82) is 0 Å². The topological polar surface area (TPSA) is 51.2 Å². The summed E-state index contributed by atoms with van der Waals surface area (Å²) in [6.45, 7) is 2.63. The largest absolute Gasteiger partial charge is 0.497 e. The summed E-state index contributed by atoms with van der Waals surface area (Å²) in [5.74, 6) is 0.891. The molecule has 0 fully saturated rings. The van der Waals surface area contributed by atoms with E-state index in [2.05, 4.69) is 10.3 Å². The maximum atomic E-state index is 12.1. The molecule has 3 aromatic rings. The number of halogens is 1. The minimum absolute atomic E-state index is 0.0657. The first kappa shape index (κ1) is 20.4. The summed E-state index contributed by atoms with van der Waals surface area (Å²) in [7, 11) is 1.64. The molecule has 0 aliphatic rings. The number of nitrogens with one attached hydrogen (secondary N) is 1. The zero-order valence-corrected chi connectivity index (χ0v) is 17.6. The maximum Gasteiger partial charge on any atom is 0.220 e. The maximum absolute atomic E-state index is 12.1. The highest BCUT2D eigenvalue weighted by molar-refractivity contribution is 7.15. The number of ether oxygens (including phenoxy) is 1. The third-order valence-corrected chi connectivity index (χ3v) is 5.98. The van der Waals surface area contributed by atoms with Gasteiger partial charge in [0.1, 0.15) is 10.8 Å². The van der Waals surface area contributed by atoms with Gasteiger partial charge in [0.25, 0.3) is 0 Å². The summed E-state index contributed by atoms with van der Waals surface area (Å²) in [5, 5.41) is 4.70. The van der Waals surface area contributed by atoms with Gasteiger partial charge < -0.3 is 10.1 Å². The molecule has 1 aromatic heterocycles. The van der Waals surface area contributed by atoms with Gasteiger partial charge in [-0.15, -0.1) is 11.3 Å². The summed E-state index contributed by atoms with van der Waals surface area (Å²) in [4.78, 5) is 18.0. The molecule has 0 aliphatic carbocycles. The molecule has 0 atom stereocenters. The van der Waals surface area contributed by atoms with Crippen LogP contribution in [0.25, 0.3) is 10.6 Å². The molecule has 0 unspecified atom stereocenters. The fraction of sp³-hybridized carbons (Fsp3) is 0.273. The van der Waals surface area contributed by atoms with Crippen LogP contribution in [0, 0.1) is 6.92 Å². The second-order valence-corrected chi connectivity index (χ2v) is 8.00. The molecule has 1 amide bonds. The minimum atomic E-state index is 0.0657. The lowest BCUT2D eigenvalue weighted by Gasteiger charge is -2.06. The van der Waals surface area contributed by atoms with Crippen molar-refractivity contribution < 1.29 is 9.53 Å². The second kappa shape index (κ2) is 9.71. The Morgan fingerprint density at radius 1 is 1.11 bits per heavy atom. The van der Waals surface area contributed by atoms with Crippen LogP contribution < -0.4 is 10.1 Å². The third kappa shape index (κ3) is 5.57. The van der Waals surface area contributed by atoms with Crippen LogP contribution in [0.3, 0.4) is 0 Å². The Kier molecular flexibility index (Phi) is 7.06. The van der Waals surface area contributed by atoms with Crippen LogP contribution in [0.5, 0.6) is 5.75 Å². The molecular formula is C22H23ClN2O2S. The van der Waals surface area contributed by atoms with E-state index in [4.69, 9.17) is 16.3 Å². The zero-order valence-electron chi connectivity index (χ0n) is 16.0. The van der Waals surface area contributed by atoms with Crippen molar-refractivity contribution in [3.8, 4) is 16.3 Å². The lowest BCUT2D eigenvalue weighted by atomic mass is 10.1. The van der Waals surface area contributed by atoms with Crippen molar-refractivity contribution >= 4 is 28.8 Å². The molecule has 1 N–H and O–H groups in total. The van der Waals surface area contributed by atoms with E-state index < -0.39 is 0 Å². The summed E-state index contributed by atoms with van der Waals surface area (Å²) < 4.78 is 5.15.